The van der Waals surface area contributed by atoms with Crippen molar-refractivity contribution < 1.29 is 14.3 Å². The predicted octanol–water partition coefficient (Wildman–Crippen LogP) is 2.29. The van der Waals surface area contributed by atoms with Crippen LogP contribution in [0.4, 0.5) is 5.69 Å². The van der Waals surface area contributed by atoms with Crippen LogP contribution in [0, 0.1) is 0 Å². The smallest absolute Gasteiger partial charge is 0.272 e. The monoisotopic (exact) mass is 260 g/mol. The average Bonchev–Trinajstić information content (AvgIpc) is 2.85. The molecule has 0 aliphatic carbocycles. The van der Waals surface area contributed by atoms with Crippen molar-refractivity contribution in [1.82, 2.24) is 4.57 Å². The summed E-state index contributed by atoms with van der Waals surface area (Å²) >= 11 is 0. The summed E-state index contributed by atoms with van der Waals surface area (Å²) in [4.78, 5) is 12.1. The van der Waals surface area contributed by atoms with Crippen LogP contribution in [0.1, 0.15) is 10.5 Å². The van der Waals surface area contributed by atoms with Gasteiger partial charge in [0.05, 0.1) is 19.9 Å². The normalized spacial score (nSPS) is 10.1. The minimum absolute atomic E-state index is 0.184. The van der Waals surface area contributed by atoms with Gasteiger partial charge in [-0.1, -0.05) is 0 Å². The lowest BCUT2D eigenvalue weighted by atomic mass is 10.2. The molecule has 100 valence electrons. The number of benzene rings is 1. The Kier molecular flexibility index (Phi) is 3.75. The fraction of sp³-hybridized carbons (Fsp3) is 0.214. The first-order chi connectivity index (χ1) is 9.15. The second-order valence-corrected chi connectivity index (χ2v) is 4.02. The number of nitrogens with zero attached hydrogens (tertiary/aromatic N) is 1. The van der Waals surface area contributed by atoms with Crippen LogP contribution in [0.15, 0.2) is 36.5 Å². The Bertz CT molecular complexity index is 590. The molecule has 1 N–H and O–H groups in total. The van der Waals surface area contributed by atoms with Crippen LogP contribution in [-0.4, -0.2) is 24.7 Å². The first kappa shape index (κ1) is 13.0. The molecule has 1 heterocycles. The lowest BCUT2D eigenvalue weighted by Gasteiger charge is -2.11. The number of hydrogen-bond acceptors (Lipinski definition) is 3. The third kappa shape index (κ3) is 2.70. The zero-order valence-electron chi connectivity index (χ0n) is 11.1. The maximum absolute atomic E-state index is 12.1. The molecular formula is C14H16N2O3. The van der Waals surface area contributed by atoms with Gasteiger partial charge in [0.1, 0.15) is 17.2 Å². The van der Waals surface area contributed by atoms with Crippen molar-refractivity contribution in [2.75, 3.05) is 19.5 Å². The zero-order chi connectivity index (χ0) is 13.8. The summed E-state index contributed by atoms with van der Waals surface area (Å²) in [5.74, 6) is 1.05. The molecular weight excluding hydrogens is 244 g/mol. The molecule has 5 nitrogen and oxygen atoms in total. The van der Waals surface area contributed by atoms with Gasteiger partial charge < -0.3 is 19.4 Å². The number of hydrogen-bond donors (Lipinski definition) is 1. The van der Waals surface area contributed by atoms with E-state index in [9.17, 15) is 4.79 Å². The topological polar surface area (TPSA) is 52.5 Å². The zero-order valence-corrected chi connectivity index (χ0v) is 11.1. The fourth-order valence-electron chi connectivity index (χ4n) is 1.79. The minimum Gasteiger partial charge on any atom is -0.497 e. The molecule has 0 fully saturated rings. The number of carbonyl (C=O) groups is 1. The van der Waals surface area contributed by atoms with Crippen molar-refractivity contribution in [3.8, 4) is 11.5 Å². The standard InChI is InChI=1S/C14H16N2O3/c1-16-8-4-5-12(16)14(17)15-11-7-6-10(18-2)9-13(11)19-3/h4-9H,1-3H3,(H,15,17). The van der Waals surface area contributed by atoms with Crippen molar-refractivity contribution in [2.24, 2.45) is 7.05 Å². The molecule has 5 heteroatoms. The van der Waals surface area contributed by atoms with E-state index in [0.29, 0.717) is 22.9 Å². The molecule has 2 rings (SSSR count). The Morgan fingerprint density at radius 1 is 1.21 bits per heavy atom. The molecule has 2 aromatic rings. The Labute approximate surface area is 111 Å². The van der Waals surface area contributed by atoms with E-state index in [-0.39, 0.29) is 5.91 Å². The van der Waals surface area contributed by atoms with Crippen molar-refractivity contribution in [2.45, 2.75) is 0 Å². The summed E-state index contributed by atoms with van der Waals surface area (Å²) in [5.41, 5.74) is 1.19. The van der Waals surface area contributed by atoms with Gasteiger partial charge in [0, 0.05) is 19.3 Å². The van der Waals surface area contributed by atoms with Crippen LogP contribution >= 0.6 is 0 Å². The Morgan fingerprint density at radius 3 is 2.58 bits per heavy atom. The minimum atomic E-state index is -0.184. The Morgan fingerprint density at radius 2 is 2.00 bits per heavy atom. The highest BCUT2D eigenvalue weighted by Crippen LogP contribution is 2.29. The highest BCUT2D eigenvalue weighted by molar-refractivity contribution is 6.04. The van der Waals surface area contributed by atoms with Gasteiger partial charge >= 0.3 is 0 Å². The molecule has 0 radical (unpaired) electrons. The summed E-state index contributed by atoms with van der Waals surface area (Å²) in [6.45, 7) is 0. The lowest BCUT2D eigenvalue weighted by Crippen LogP contribution is -2.15. The second kappa shape index (κ2) is 5.48. The summed E-state index contributed by atoms with van der Waals surface area (Å²) in [6.07, 6.45) is 1.82. The largest absolute Gasteiger partial charge is 0.497 e. The van der Waals surface area contributed by atoms with E-state index >= 15 is 0 Å². The van der Waals surface area contributed by atoms with Gasteiger partial charge in [-0.25, -0.2) is 0 Å². The van der Waals surface area contributed by atoms with Crippen LogP contribution in [0.5, 0.6) is 11.5 Å². The summed E-state index contributed by atoms with van der Waals surface area (Å²) in [7, 11) is 4.95. The molecule has 0 saturated carbocycles. The number of aryl methyl sites for hydroxylation is 1. The molecule has 0 unspecified atom stereocenters. The van der Waals surface area contributed by atoms with E-state index in [4.69, 9.17) is 9.47 Å². The van der Waals surface area contributed by atoms with Crippen molar-refractivity contribution in [3.63, 3.8) is 0 Å². The van der Waals surface area contributed by atoms with E-state index in [2.05, 4.69) is 5.32 Å². The number of amides is 1. The number of aromatic nitrogens is 1. The van der Waals surface area contributed by atoms with Crippen LogP contribution < -0.4 is 14.8 Å². The molecule has 19 heavy (non-hydrogen) atoms. The highest BCUT2D eigenvalue weighted by atomic mass is 16.5. The van der Waals surface area contributed by atoms with E-state index in [1.807, 2.05) is 19.3 Å². The van der Waals surface area contributed by atoms with Crippen LogP contribution in [0.2, 0.25) is 0 Å². The molecule has 0 bridgehead atoms. The van der Waals surface area contributed by atoms with Gasteiger partial charge in [0.25, 0.3) is 5.91 Å². The van der Waals surface area contributed by atoms with Gasteiger partial charge in [-0.2, -0.15) is 0 Å². The first-order valence-corrected chi connectivity index (χ1v) is 5.80. The summed E-state index contributed by atoms with van der Waals surface area (Å²) < 4.78 is 12.1. The highest BCUT2D eigenvalue weighted by Gasteiger charge is 2.12. The van der Waals surface area contributed by atoms with Crippen LogP contribution in [-0.2, 0) is 7.05 Å². The number of rotatable bonds is 4. The molecule has 0 aliphatic rings. The van der Waals surface area contributed by atoms with Crippen molar-refractivity contribution in [3.05, 3.63) is 42.2 Å². The molecule has 0 saturated heterocycles. The SMILES string of the molecule is COc1ccc(NC(=O)c2cccn2C)c(OC)c1. The lowest BCUT2D eigenvalue weighted by molar-refractivity contribution is 0.101. The molecule has 0 spiro atoms. The van der Waals surface area contributed by atoms with E-state index in [1.54, 1.807) is 43.1 Å². The van der Waals surface area contributed by atoms with Gasteiger partial charge in [-0.05, 0) is 24.3 Å². The van der Waals surface area contributed by atoms with Gasteiger partial charge in [-0.3, -0.25) is 4.79 Å². The van der Waals surface area contributed by atoms with E-state index < -0.39 is 0 Å². The summed E-state index contributed by atoms with van der Waals surface area (Å²) in [5, 5.41) is 2.82. The third-order valence-electron chi connectivity index (χ3n) is 2.83. The third-order valence-corrected chi connectivity index (χ3v) is 2.83. The first-order valence-electron chi connectivity index (χ1n) is 5.80. The van der Waals surface area contributed by atoms with Crippen molar-refractivity contribution in [1.29, 1.82) is 0 Å². The molecule has 1 amide bonds. The predicted molar refractivity (Wildman–Crippen MR) is 72.9 cm³/mol. The maximum Gasteiger partial charge on any atom is 0.272 e. The average molecular weight is 260 g/mol. The molecule has 1 aromatic carbocycles. The number of methoxy groups -OCH3 is 2. The number of anilines is 1. The van der Waals surface area contributed by atoms with Crippen molar-refractivity contribution >= 4 is 11.6 Å². The number of carbonyl (C=O) groups excluding carboxylic acids is 1. The molecule has 0 atom stereocenters. The maximum atomic E-state index is 12.1. The van der Waals surface area contributed by atoms with Gasteiger partial charge in [0.2, 0.25) is 0 Å². The van der Waals surface area contributed by atoms with Gasteiger partial charge in [-0.15, -0.1) is 0 Å². The van der Waals surface area contributed by atoms with E-state index in [0.717, 1.165) is 0 Å². The number of ether oxygens (including phenoxy) is 2. The second-order valence-electron chi connectivity index (χ2n) is 4.02. The van der Waals surface area contributed by atoms with E-state index in [1.165, 1.54) is 0 Å². The molecule has 0 aliphatic heterocycles. The quantitative estimate of drug-likeness (QED) is 0.917. The number of nitrogens with one attached hydrogen (secondary N) is 1. The molecule has 1 aromatic heterocycles. The van der Waals surface area contributed by atoms with Crippen LogP contribution in [0.3, 0.4) is 0 Å². The fourth-order valence-corrected chi connectivity index (χ4v) is 1.79. The Hall–Kier alpha value is -2.43. The van der Waals surface area contributed by atoms with Crippen LogP contribution in [0.25, 0.3) is 0 Å². The Balaban J connectivity index is 2.24. The van der Waals surface area contributed by atoms with Gasteiger partial charge in [0.15, 0.2) is 0 Å². The summed E-state index contributed by atoms with van der Waals surface area (Å²) in [6, 6.07) is 8.81.